The predicted octanol–water partition coefficient (Wildman–Crippen LogP) is 2.50. The summed E-state index contributed by atoms with van der Waals surface area (Å²) >= 11 is 11.9. The zero-order valence-corrected chi connectivity index (χ0v) is 14.4. The van der Waals surface area contributed by atoms with Crippen molar-refractivity contribution in [3.05, 3.63) is 33.8 Å². The van der Waals surface area contributed by atoms with Gasteiger partial charge in [-0.05, 0) is 31.0 Å². The van der Waals surface area contributed by atoms with Gasteiger partial charge in [0.05, 0.1) is 15.8 Å². The first-order valence-corrected chi connectivity index (χ1v) is 9.43. The third kappa shape index (κ3) is 4.57. The fourth-order valence-electron chi connectivity index (χ4n) is 2.40. The summed E-state index contributed by atoms with van der Waals surface area (Å²) in [5, 5.41) is 1.15. The Morgan fingerprint density at radius 1 is 1.10 bits per heavy atom. The van der Waals surface area contributed by atoms with Crippen LogP contribution >= 0.6 is 23.2 Å². The second-order valence-corrected chi connectivity index (χ2v) is 8.21. The fraction of sp³-hybridized carbons (Fsp3) is 0.571. The number of nitrogens with zero attached hydrogens (tertiary/aromatic N) is 2. The molecule has 1 fully saturated rings. The maximum Gasteiger partial charge on any atom is 0.213 e. The van der Waals surface area contributed by atoms with E-state index in [0.29, 0.717) is 23.1 Å². The zero-order valence-electron chi connectivity index (χ0n) is 12.1. The van der Waals surface area contributed by atoms with Crippen LogP contribution in [-0.2, 0) is 16.4 Å². The van der Waals surface area contributed by atoms with Crippen LogP contribution in [0.1, 0.15) is 12.5 Å². The Kier molecular flexibility index (Phi) is 5.91. The van der Waals surface area contributed by atoms with Gasteiger partial charge in [0.1, 0.15) is 0 Å². The van der Waals surface area contributed by atoms with Crippen molar-refractivity contribution in [2.45, 2.75) is 13.3 Å². The Morgan fingerprint density at radius 2 is 1.76 bits per heavy atom. The van der Waals surface area contributed by atoms with E-state index in [1.807, 2.05) is 18.2 Å². The lowest BCUT2D eigenvalue weighted by atomic mass is 10.1. The van der Waals surface area contributed by atoms with Gasteiger partial charge in [-0.25, -0.2) is 8.42 Å². The molecular weight excluding hydrogens is 331 g/mol. The van der Waals surface area contributed by atoms with Gasteiger partial charge in [0, 0.05) is 32.7 Å². The van der Waals surface area contributed by atoms with Crippen molar-refractivity contribution < 1.29 is 8.42 Å². The highest BCUT2D eigenvalue weighted by Crippen LogP contribution is 2.23. The van der Waals surface area contributed by atoms with Gasteiger partial charge in [0.15, 0.2) is 0 Å². The SMILES string of the molecule is CCS(=O)(=O)N1CCN(CCc2ccc(Cl)c(Cl)c2)CC1. The van der Waals surface area contributed by atoms with Crippen molar-refractivity contribution in [2.75, 3.05) is 38.5 Å². The summed E-state index contributed by atoms with van der Waals surface area (Å²) in [6, 6.07) is 5.68. The standard InChI is InChI=1S/C14H20Cl2N2O2S/c1-2-21(19,20)18-9-7-17(8-10-18)6-5-12-3-4-13(15)14(16)11-12/h3-4,11H,2,5-10H2,1H3. The second kappa shape index (κ2) is 7.29. The highest BCUT2D eigenvalue weighted by Gasteiger charge is 2.24. The number of hydrogen-bond acceptors (Lipinski definition) is 3. The van der Waals surface area contributed by atoms with Crippen molar-refractivity contribution in [1.29, 1.82) is 0 Å². The number of rotatable bonds is 5. The molecule has 7 heteroatoms. The Hall–Kier alpha value is -0.330. The normalized spacial score (nSPS) is 18.0. The van der Waals surface area contributed by atoms with Crippen LogP contribution in [0.5, 0.6) is 0 Å². The molecule has 0 bridgehead atoms. The van der Waals surface area contributed by atoms with Crippen molar-refractivity contribution in [3.63, 3.8) is 0 Å². The molecule has 21 heavy (non-hydrogen) atoms. The minimum absolute atomic E-state index is 0.177. The van der Waals surface area contributed by atoms with E-state index in [2.05, 4.69) is 4.90 Å². The van der Waals surface area contributed by atoms with Gasteiger partial charge < -0.3 is 4.90 Å². The van der Waals surface area contributed by atoms with Crippen LogP contribution in [0.4, 0.5) is 0 Å². The first-order valence-electron chi connectivity index (χ1n) is 7.06. The van der Waals surface area contributed by atoms with Gasteiger partial charge in [-0.1, -0.05) is 29.3 Å². The molecule has 1 aliphatic rings. The van der Waals surface area contributed by atoms with E-state index in [1.165, 1.54) is 0 Å². The molecule has 1 heterocycles. The van der Waals surface area contributed by atoms with Crippen molar-refractivity contribution in [1.82, 2.24) is 9.21 Å². The summed E-state index contributed by atoms with van der Waals surface area (Å²) in [6.45, 7) is 5.31. The van der Waals surface area contributed by atoms with Crippen LogP contribution in [-0.4, -0.2) is 56.1 Å². The van der Waals surface area contributed by atoms with E-state index in [0.717, 1.165) is 31.6 Å². The van der Waals surface area contributed by atoms with E-state index < -0.39 is 10.0 Å². The van der Waals surface area contributed by atoms with Crippen LogP contribution in [0.2, 0.25) is 10.0 Å². The predicted molar refractivity (Wildman–Crippen MR) is 87.6 cm³/mol. The molecule has 0 aromatic heterocycles. The van der Waals surface area contributed by atoms with Gasteiger partial charge in [-0.15, -0.1) is 0 Å². The molecule has 0 radical (unpaired) electrons. The van der Waals surface area contributed by atoms with Gasteiger partial charge >= 0.3 is 0 Å². The zero-order chi connectivity index (χ0) is 15.5. The monoisotopic (exact) mass is 350 g/mol. The number of sulfonamides is 1. The molecule has 1 aromatic rings. The van der Waals surface area contributed by atoms with E-state index in [4.69, 9.17) is 23.2 Å². The Balaban J connectivity index is 1.82. The first-order chi connectivity index (χ1) is 9.92. The van der Waals surface area contributed by atoms with E-state index >= 15 is 0 Å². The lowest BCUT2D eigenvalue weighted by Gasteiger charge is -2.33. The van der Waals surface area contributed by atoms with Crippen LogP contribution < -0.4 is 0 Å². The average Bonchev–Trinajstić information content (AvgIpc) is 2.49. The van der Waals surface area contributed by atoms with Gasteiger partial charge in [0.25, 0.3) is 0 Å². The summed E-state index contributed by atoms with van der Waals surface area (Å²) < 4.78 is 25.2. The summed E-state index contributed by atoms with van der Waals surface area (Å²) in [5.74, 6) is 0.177. The smallest absolute Gasteiger partial charge is 0.213 e. The lowest BCUT2D eigenvalue weighted by Crippen LogP contribution is -2.49. The number of benzene rings is 1. The largest absolute Gasteiger partial charge is 0.300 e. The minimum atomic E-state index is -3.05. The molecule has 2 rings (SSSR count). The molecule has 1 aliphatic heterocycles. The molecule has 0 spiro atoms. The highest BCUT2D eigenvalue weighted by atomic mass is 35.5. The summed E-state index contributed by atoms with van der Waals surface area (Å²) in [5.41, 5.74) is 1.15. The van der Waals surface area contributed by atoms with E-state index in [-0.39, 0.29) is 5.75 Å². The molecule has 4 nitrogen and oxygen atoms in total. The maximum absolute atomic E-state index is 11.8. The maximum atomic E-state index is 11.8. The fourth-order valence-corrected chi connectivity index (χ4v) is 3.80. The summed E-state index contributed by atoms with van der Waals surface area (Å²) in [7, 11) is -3.05. The highest BCUT2D eigenvalue weighted by molar-refractivity contribution is 7.89. The molecule has 0 amide bonds. The Bertz CT molecular complexity index is 585. The van der Waals surface area contributed by atoms with Crippen LogP contribution in [0.25, 0.3) is 0 Å². The molecule has 0 saturated carbocycles. The Labute approximate surface area is 136 Å². The van der Waals surface area contributed by atoms with Crippen LogP contribution in [0, 0.1) is 0 Å². The minimum Gasteiger partial charge on any atom is -0.300 e. The molecule has 0 atom stereocenters. The molecule has 1 aromatic carbocycles. The molecule has 0 N–H and O–H groups in total. The topological polar surface area (TPSA) is 40.6 Å². The molecular formula is C14H20Cl2N2O2S. The van der Waals surface area contributed by atoms with Crippen LogP contribution in [0.3, 0.4) is 0 Å². The van der Waals surface area contributed by atoms with Crippen LogP contribution in [0.15, 0.2) is 18.2 Å². The van der Waals surface area contributed by atoms with Crippen molar-refractivity contribution >= 4 is 33.2 Å². The number of piperazine rings is 1. The summed E-state index contributed by atoms with van der Waals surface area (Å²) in [4.78, 5) is 2.28. The first kappa shape index (κ1) is 17.0. The third-order valence-corrected chi connectivity index (χ3v) is 6.41. The second-order valence-electron chi connectivity index (χ2n) is 5.14. The molecule has 1 saturated heterocycles. The van der Waals surface area contributed by atoms with Gasteiger partial charge in [0.2, 0.25) is 10.0 Å². The molecule has 118 valence electrons. The molecule has 0 aliphatic carbocycles. The van der Waals surface area contributed by atoms with Gasteiger partial charge in [-0.3, -0.25) is 0 Å². The lowest BCUT2D eigenvalue weighted by molar-refractivity contribution is 0.190. The van der Waals surface area contributed by atoms with Crippen molar-refractivity contribution in [2.24, 2.45) is 0 Å². The number of hydrogen-bond donors (Lipinski definition) is 0. The van der Waals surface area contributed by atoms with E-state index in [9.17, 15) is 8.42 Å². The Morgan fingerprint density at radius 3 is 2.33 bits per heavy atom. The molecule has 0 unspecified atom stereocenters. The quantitative estimate of drug-likeness (QED) is 0.819. The summed E-state index contributed by atoms with van der Waals surface area (Å²) in [6.07, 6.45) is 0.886. The van der Waals surface area contributed by atoms with Gasteiger partial charge in [-0.2, -0.15) is 4.31 Å². The third-order valence-electron chi connectivity index (χ3n) is 3.79. The van der Waals surface area contributed by atoms with Crippen molar-refractivity contribution in [3.8, 4) is 0 Å². The average molecular weight is 351 g/mol. The number of halogens is 2. The van der Waals surface area contributed by atoms with E-state index in [1.54, 1.807) is 11.2 Å².